The molecule has 1 amide bonds. The quantitative estimate of drug-likeness (QED) is 0.938. The molecule has 0 unspecified atom stereocenters. The van der Waals surface area contributed by atoms with Gasteiger partial charge in [0.15, 0.2) is 5.69 Å². The number of aromatic nitrogens is 2. The summed E-state index contributed by atoms with van der Waals surface area (Å²) in [6.07, 6.45) is 3.48. The molecule has 0 saturated carbocycles. The number of nitrogens with two attached hydrogens (primary N) is 1. The summed E-state index contributed by atoms with van der Waals surface area (Å²) >= 11 is 0. The standard InChI is InChI=1S/C17H22N4O2/c1-12-11-13(18)7-9-20(12)17(22)16-8-10-21(19-16)14-3-5-15(23-2)6-4-14/h3-6,8,10,12-13H,7,9,11,18H2,1-2H3/t12-,13+/m0/s1. The molecule has 122 valence electrons. The van der Waals surface area contributed by atoms with E-state index < -0.39 is 0 Å². The Bertz CT molecular complexity index is 680. The summed E-state index contributed by atoms with van der Waals surface area (Å²) in [4.78, 5) is 14.5. The van der Waals surface area contributed by atoms with Crippen LogP contribution in [0.2, 0.25) is 0 Å². The molecule has 0 spiro atoms. The van der Waals surface area contributed by atoms with Gasteiger partial charge in [-0.15, -0.1) is 0 Å². The zero-order chi connectivity index (χ0) is 16.4. The molecule has 3 rings (SSSR count). The van der Waals surface area contributed by atoms with E-state index in [-0.39, 0.29) is 18.0 Å². The molecule has 2 N–H and O–H groups in total. The Kier molecular flexibility index (Phi) is 4.34. The first-order valence-corrected chi connectivity index (χ1v) is 7.85. The molecule has 2 atom stereocenters. The van der Waals surface area contributed by atoms with Crippen molar-refractivity contribution >= 4 is 5.91 Å². The Hall–Kier alpha value is -2.34. The number of methoxy groups -OCH3 is 1. The lowest BCUT2D eigenvalue weighted by Crippen LogP contribution is -2.48. The van der Waals surface area contributed by atoms with Crippen molar-refractivity contribution in [2.24, 2.45) is 5.73 Å². The first-order valence-electron chi connectivity index (χ1n) is 7.85. The number of nitrogens with zero attached hydrogens (tertiary/aromatic N) is 3. The smallest absolute Gasteiger partial charge is 0.274 e. The fourth-order valence-corrected chi connectivity index (χ4v) is 2.97. The molecule has 2 aromatic rings. The summed E-state index contributed by atoms with van der Waals surface area (Å²) in [5, 5.41) is 4.42. The van der Waals surface area contributed by atoms with Gasteiger partial charge in [-0.2, -0.15) is 5.10 Å². The Labute approximate surface area is 135 Å². The Morgan fingerprint density at radius 3 is 2.70 bits per heavy atom. The van der Waals surface area contributed by atoms with Crippen molar-refractivity contribution in [2.75, 3.05) is 13.7 Å². The SMILES string of the molecule is COc1ccc(-n2ccc(C(=O)N3CC[C@@H](N)C[C@@H]3C)n2)cc1. The van der Waals surface area contributed by atoms with Gasteiger partial charge in [-0.05, 0) is 50.1 Å². The van der Waals surface area contributed by atoms with Crippen LogP contribution in [-0.2, 0) is 0 Å². The van der Waals surface area contributed by atoms with Gasteiger partial charge in [-0.1, -0.05) is 0 Å². The molecular weight excluding hydrogens is 292 g/mol. The van der Waals surface area contributed by atoms with Crippen LogP contribution in [0.3, 0.4) is 0 Å². The van der Waals surface area contributed by atoms with Crippen LogP contribution in [0, 0.1) is 0 Å². The molecule has 6 heteroatoms. The summed E-state index contributed by atoms with van der Waals surface area (Å²) in [7, 11) is 1.63. The molecule has 23 heavy (non-hydrogen) atoms. The number of ether oxygens (including phenoxy) is 1. The maximum Gasteiger partial charge on any atom is 0.274 e. The van der Waals surface area contributed by atoms with Crippen LogP contribution >= 0.6 is 0 Å². The summed E-state index contributed by atoms with van der Waals surface area (Å²) in [6, 6.07) is 9.64. The molecule has 1 saturated heterocycles. The maximum absolute atomic E-state index is 12.7. The average Bonchev–Trinajstić information content (AvgIpc) is 3.04. The fraction of sp³-hybridized carbons (Fsp3) is 0.412. The van der Waals surface area contributed by atoms with Crippen LogP contribution < -0.4 is 10.5 Å². The van der Waals surface area contributed by atoms with Crippen molar-refractivity contribution in [3.63, 3.8) is 0 Å². The van der Waals surface area contributed by atoms with Crippen LogP contribution in [0.5, 0.6) is 5.75 Å². The van der Waals surface area contributed by atoms with Gasteiger partial charge in [0, 0.05) is 24.8 Å². The van der Waals surface area contributed by atoms with Gasteiger partial charge in [-0.3, -0.25) is 4.79 Å². The lowest BCUT2D eigenvalue weighted by molar-refractivity contribution is 0.0612. The minimum atomic E-state index is -0.0309. The minimum Gasteiger partial charge on any atom is -0.497 e. The fourth-order valence-electron chi connectivity index (χ4n) is 2.97. The van der Waals surface area contributed by atoms with E-state index in [1.165, 1.54) is 0 Å². The van der Waals surface area contributed by atoms with Crippen molar-refractivity contribution < 1.29 is 9.53 Å². The van der Waals surface area contributed by atoms with Gasteiger partial charge in [0.05, 0.1) is 12.8 Å². The monoisotopic (exact) mass is 314 g/mol. The number of hydrogen-bond acceptors (Lipinski definition) is 4. The summed E-state index contributed by atoms with van der Waals surface area (Å²) in [5.74, 6) is 0.757. The van der Waals surface area contributed by atoms with Gasteiger partial charge < -0.3 is 15.4 Å². The van der Waals surface area contributed by atoms with E-state index >= 15 is 0 Å². The third-order valence-corrected chi connectivity index (χ3v) is 4.32. The first-order chi connectivity index (χ1) is 11.1. The van der Waals surface area contributed by atoms with Crippen molar-refractivity contribution in [2.45, 2.75) is 31.8 Å². The number of rotatable bonds is 3. The Morgan fingerprint density at radius 2 is 2.04 bits per heavy atom. The number of benzene rings is 1. The first kappa shape index (κ1) is 15.6. The second-order valence-electron chi connectivity index (χ2n) is 5.98. The molecule has 1 aromatic heterocycles. The van der Waals surface area contributed by atoms with Crippen LogP contribution in [0.1, 0.15) is 30.3 Å². The lowest BCUT2D eigenvalue weighted by atomic mass is 9.99. The van der Waals surface area contributed by atoms with E-state index in [1.54, 1.807) is 24.1 Å². The number of carbonyl (C=O) groups is 1. The predicted molar refractivity (Wildman–Crippen MR) is 87.8 cm³/mol. The summed E-state index contributed by atoms with van der Waals surface area (Å²) < 4.78 is 6.85. The number of piperidine rings is 1. The zero-order valence-corrected chi connectivity index (χ0v) is 13.5. The molecule has 0 radical (unpaired) electrons. The third kappa shape index (κ3) is 3.22. The largest absolute Gasteiger partial charge is 0.497 e. The highest BCUT2D eigenvalue weighted by atomic mass is 16.5. The minimum absolute atomic E-state index is 0.0309. The summed E-state index contributed by atoms with van der Waals surface area (Å²) in [6.45, 7) is 2.73. The van der Waals surface area contributed by atoms with Crippen molar-refractivity contribution in [1.82, 2.24) is 14.7 Å². The topological polar surface area (TPSA) is 73.4 Å². The number of hydrogen-bond donors (Lipinski definition) is 1. The predicted octanol–water partition coefficient (Wildman–Crippen LogP) is 1.83. The van der Waals surface area contributed by atoms with Crippen LogP contribution in [0.15, 0.2) is 36.5 Å². The summed E-state index contributed by atoms with van der Waals surface area (Å²) in [5.41, 5.74) is 7.31. The van der Waals surface area contributed by atoms with Gasteiger partial charge in [0.1, 0.15) is 5.75 Å². The van der Waals surface area contributed by atoms with Crippen LogP contribution in [0.4, 0.5) is 0 Å². The average molecular weight is 314 g/mol. The normalized spacial score (nSPS) is 21.3. The highest BCUT2D eigenvalue weighted by Gasteiger charge is 2.28. The highest BCUT2D eigenvalue weighted by Crippen LogP contribution is 2.19. The molecule has 1 fully saturated rings. The molecule has 1 aliphatic heterocycles. The van der Waals surface area contributed by atoms with E-state index in [0.717, 1.165) is 24.3 Å². The van der Waals surface area contributed by atoms with Gasteiger partial charge >= 0.3 is 0 Å². The third-order valence-electron chi connectivity index (χ3n) is 4.32. The van der Waals surface area contributed by atoms with Crippen LogP contribution in [-0.4, -0.2) is 46.3 Å². The van der Waals surface area contributed by atoms with Crippen LogP contribution in [0.25, 0.3) is 5.69 Å². The maximum atomic E-state index is 12.7. The Balaban J connectivity index is 1.76. The van der Waals surface area contributed by atoms with Crippen molar-refractivity contribution in [3.05, 3.63) is 42.2 Å². The van der Waals surface area contributed by atoms with E-state index in [4.69, 9.17) is 10.5 Å². The van der Waals surface area contributed by atoms with Gasteiger partial charge in [0.25, 0.3) is 5.91 Å². The highest BCUT2D eigenvalue weighted by molar-refractivity contribution is 5.92. The number of amides is 1. The van der Waals surface area contributed by atoms with E-state index in [2.05, 4.69) is 5.10 Å². The van der Waals surface area contributed by atoms with E-state index in [9.17, 15) is 4.79 Å². The van der Waals surface area contributed by atoms with E-state index in [1.807, 2.05) is 36.1 Å². The molecule has 2 heterocycles. The van der Waals surface area contributed by atoms with Crippen molar-refractivity contribution in [1.29, 1.82) is 0 Å². The van der Waals surface area contributed by atoms with Gasteiger partial charge in [0.2, 0.25) is 0 Å². The second kappa shape index (κ2) is 6.42. The molecule has 0 aliphatic carbocycles. The van der Waals surface area contributed by atoms with Crippen molar-refractivity contribution in [3.8, 4) is 11.4 Å². The molecular formula is C17H22N4O2. The zero-order valence-electron chi connectivity index (χ0n) is 13.5. The number of carbonyl (C=O) groups excluding carboxylic acids is 1. The number of likely N-dealkylation sites (tertiary alicyclic amines) is 1. The molecule has 6 nitrogen and oxygen atoms in total. The molecule has 1 aliphatic rings. The van der Waals surface area contributed by atoms with Gasteiger partial charge in [-0.25, -0.2) is 4.68 Å². The molecule has 0 bridgehead atoms. The lowest BCUT2D eigenvalue weighted by Gasteiger charge is -2.35. The van der Waals surface area contributed by atoms with E-state index in [0.29, 0.717) is 12.2 Å². The second-order valence-corrected chi connectivity index (χ2v) is 5.98. The molecule has 1 aromatic carbocycles. The Morgan fingerprint density at radius 1 is 1.30 bits per heavy atom.